The van der Waals surface area contributed by atoms with E-state index in [4.69, 9.17) is 0 Å². The Labute approximate surface area is 122 Å². The highest BCUT2D eigenvalue weighted by Crippen LogP contribution is 1.92. The molecule has 0 aromatic heterocycles. The average molecular weight is 266 g/mol. The lowest BCUT2D eigenvalue weighted by molar-refractivity contribution is -0.895. The van der Waals surface area contributed by atoms with Gasteiger partial charge >= 0.3 is 0 Å². The van der Waals surface area contributed by atoms with Crippen LogP contribution in [-0.4, -0.2) is 19.6 Å². The summed E-state index contributed by atoms with van der Waals surface area (Å²) in [6, 6.07) is 0. The Balaban J connectivity index is 0. The molecule has 1 heteroatoms. The molecule has 0 aromatic carbocycles. The van der Waals surface area contributed by atoms with E-state index in [1.807, 2.05) is 12.2 Å². The summed E-state index contributed by atoms with van der Waals surface area (Å²) in [4.78, 5) is 1.68. The molecule has 0 saturated heterocycles. The van der Waals surface area contributed by atoms with E-state index in [0.29, 0.717) is 0 Å². The quantitative estimate of drug-likeness (QED) is 0.566. The summed E-state index contributed by atoms with van der Waals surface area (Å²) in [6.07, 6.45) is 12.3. The van der Waals surface area contributed by atoms with E-state index >= 15 is 0 Å². The van der Waals surface area contributed by atoms with Gasteiger partial charge < -0.3 is 4.90 Å². The van der Waals surface area contributed by atoms with E-state index in [9.17, 15) is 0 Å². The smallest absolute Gasteiger partial charge is 0.103 e. The second-order valence-corrected chi connectivity index (χ2v) is 5.02. The molecule has 0 fully saturated rings. The van der Waals surface area contributed by atoms with Crippen molar-refractivity contribution in [1.82, 2.24) is 0 Å². The van der Waals surface area contributed by atoms with E-state index in [1.54, 1.807) is 4.90 Å². The first kappa shape index (κ1) is 20.5. The van der Waals surface area contributed by atoms with E-state index in [0.717, 1.165) is 6.54 Å². The Hall–Kier alpha value is -0.820. The van der Waals surface area contributed by atoms with Crippen molar-refractivity contribution in [3.8, 4) is 0 Å². The minimum absolute atomic E-state index is 1.09. The Morgan fingerprint density at radius 3 is 1.74 bits per heavy atom. The van der Waals surface area contributed by atoms with Crippen LogP contribution in [0.2, 0.25) is 0 Å². The van der Waals surface area contributed by atoms with Crippen LogP contribution in [0.15, 0.2) is 37.0 Å². The van der Waals surface area contributed by atoms with Crippen LogP contribution < -0.4 is 4.90 Å². The second kappa shape index (κ2) is 17.2. The van der Waals surface area contributed by atoms with Crippen molar-refractivity contribution in [2.45, 2.75) is 59.8 Å². The number of hydrogen-bond acceptors (Lipinski definition) is 0. The Morgan fingerprint density at radius 2 is 1.42 bits per heavy atom. The molecule has 0 aliphatic rings. The Morgan fingerprint density at radius 1 is 0.947 bits per heavy atom. The van der Waals surface area contributed by atoms with Crippen LogP contribution >= 0.6 is 0 Å². The zero-order valence-electron chi connectivity index (χ0n) is 13.8. The first-order chi connectivity index (χ1) is 9.19. The van der Waals surface area contributed by atoms with E-state index < -0.39 is 0 Å². The van der Waals surface area contributed by atoms with Crippen LogP contribution in [-0.2, 0) is 0 Å². The van der Waals surface area contributed by atoms with E-state index in [2.05, 4.69) is 46.9 Å². The van der Waals surface area contributed by atoms with Crippen LogP contribution in [0, 0.1) is 0 Å². The standard InChI is InChI=1S/C15H27N.C3H8/c1-5-9-12-16(13-10-6-2)14-15(8-4)11-7-3;1-3-2/h7-8,11H,3-6,9-10,12-14H2,1-2H3;3H2,1-2H3/p+1/b15-11+;. The van der Waals surface area contributed by atoms with Crippen LogP contribution in [0.4, 0.5) is 0 Å². The summed E-state index contributed by atoms with van der Waals surface area (Å²) in [5.74, 6) is 0. The molecule has 0 aliphatic carbocycles. The lowest BCUT2D eigenvalue weighted by atomic mass is 10.2. The van der Waals surface area contributed by atoms with Crippen LogP contribution in [0.5, 0.6) is 0 Å². The third-order valence-electron chi connectivity index (χ3n) is 2.82. The fourth-order valence-corrected chi connectivity index (χ4v) is 1.79. The molecule has 0 heterocycles. The summed E-state index contributed by atoms with van der Waals surface area (Å²) >= 11 is 0. The maximum atomic E-state index is 3.86. The maximum absolute atomic E-state index is 3.86. The number of rotatable bonds is 10. The third-order valence-corrected chi connectivity index (χ3v) is 2.82. The van der Waals surface area contributed by atoms with Crippen molar-refractivity contribution in [3.63, 3.8) is 0 Å². The molecule has 0 aliphatic heterocycles. The fraction of sp³-hybridized carbons (Fsp3) is 0.667. The molecule has 0 aromatic rings. The van der Waals surface area contributed by atoms with Crippen molar-refractivity contribution in [2.24, 2.45) is 0 Å². The van der Waals surface area contributed by atoms with Gasteiger partial charge in [0.1, 0.15) is 6.54 Å². The Kier molecular flexibility index (Phi) is 18.5. The molecule has 0 amide bonds. The fourth-order valence-electron chi connectivity index (χ4n) is 1.79. The molecular formula is C18H36N+. The van der Waals surface area contributed by atoms with Gasteiger partial charge in [-0.1, -0.05) is 78.3 Å². The minimum atomic E-state index is 1.09. The van der Waals surface area contributed by atoms with Crippen molar-refractivity contribution in [1.29, 1.82) is 0 Å². The lowest BCUT2D eigenvalue weighted by Gasteiger charge is -2.19. The molecule has 112 valence electrons. The van der Waals surface area contributed by atoms with Gasteiger partial charge in [-0.25, -0.2) is 0 Å². The highest BCUT2D eigenvalue weighted by Gasteiger charge is 2.08. The molecule has 0 unspecified atom stereocenters. The topological polar surface area (TPSA) is 4.44 Å². The normalized spacial score (nSPS) is 10.9. The number of allylic oxidation sites excluding steroid dienone is 2. The largest absolute Gasteiger partial charge is 0.331 e. The van der Waals surface area contributed by atoms with Crippen LogP contribution in [0.25, 0.3) is 0 Å². The minimum Gasteiger partial charge on any atom is -0.331 e. The summed E-state index contributed by atoms with van der Waals surface area (Å²) < 4.78 is 0. The van der Waals surface area contributed by atoms with Gasteiger partial charge in [-0.2, -0.15) is 0 Å². The van der Waals surface area contributed by atoms with Gasteiger partial charge in [0.2, 0.25) is 0 Å². The van der Waals surface area contributed by atoms with Crippen molar-refractivity contribution in [3.05, 3.63) is 37.0 Å². The van der Waals surface area contributed by atoms with Crippen molar-refractivity contribution < 1.29 is 4.90 Å². The first-order valence-corrected chi connectivity index (χ1v) is 7.97. The van der Waals surface area contributed by atoms with Gasteiger partial charge in [0, 0.05) is 5.57 Å². The SMILES string of the molecule is C=C/C=C(\C=C)C[NH+](CCCC)CCCC.CCC. The molecule has 0 bridgehead atoms. The van der Waals surface area contributed by atoms with Gasteiger partial charge in [0.15, 0.2) is 0 Å². The summed E-state index contributed by atoms with van der Waals surface area (Å²) in [6.45, 7) is 20.0. The van der Waals surface area contributed by atoms with Gasteiger partial charge in [-0.05, 0) is 12.8 Å². The molecule has 1 N–H and O–H groups in total. The highest BCUT2D eigenvalue weighted by molar-refractivity contribution is 5.20. The lowest BCUT2D eigenvalue weighted by Crippen LogP contribution is -3.12. The summed E-state index contributed by atoms with van der Waals surface area (Å²) in [5.41, 5.74) is 1.30. The zero-order valence-corrected chi connectivity index (χ0v) is 13.8. The Bertz CT molecular complexity index is 220. The summed E-state index contributed by atoms with van der Waals surface area (Å²) in [7, 11) is 0. The number of quaternary nitrogens is 1. The molecule has 0 spiro atoms. The number of hydrogen-bond donors (Lipinski definition) is 1. The zero-order chi connectivity index (χ0) is 14.9. The van der Waals surface area contributed by atoms with Gasteiger partial charge in [0.25, 0.3) is 0 Å². The van der Waals surface area contributed by atoms with Crippen molar-refractivity contribution >= 4 is 0 Å². The third kappa shape index (κ3) is 15.1. The van der Waals surface area contributed by atoms with Crippen LogP contribution in [0.1, 0.15) is 59.8 Å². The van der Waals surface area contributed by atoms with Gasteiger partial charge in [-0.3, -0.25) is 0 Å². The van der Waals surface area contributed by atoms with Crippen molar-refractivity contribution in [2.75, 3.05) is 19.6 Å². The first-order valence-electron chi connectivity index (χ1n) is 7.97. The molecule has 0 rings (SSSR count). The molecule has 0 atom stereocenters. The van der Waals surface area contributed by atoms with Gasteiger partial charge in [-0.15, -0.1) is 0 Å². The average Bonchev–Trinajstić information content (AvgIpc) is 2.41. The monoisotopic (exact) mass is 266 g/mol. The predicted octanol–water partition coefficient (Wildman–Crippen LogP) is 4.19. The molecule has 19 heavy (non-hydrogen) atoms. The number of unbranched alkanes of at least 4 members (excludes halogenated alkanes) is 2. The number of nitrogens with one attached hydrogen (secondary N) is 1. The van der Waals surface area contributed by atoms with E-state index in [-0.39, 0.29) is 0 Å². The molecule has 1 nitrogen and oxygen atoms in total. The highest BCUT2D eigenvalue weighted by atomic mass is 15.1. The molecule has 0 radical (unpaired) electrons. The van der Waals surface area contributed by atoms with Gasteiger partial charge in [0.05, 0.1) is 13.1 Å². The molecular weight excluding hydrogens is 230 g/mol. The van der Waals surface area contributed by atoms with Crippen LogP contribution in [0.3, 0.4) is 0 Å². The second-order valence-electron chi connectivity index (χ2n) is 5.02. The molecule has 0 saturated carbocycles. The van der Waals surface area contributed by atoms with E-state index in [1.165, 1.54) is 50.8 Å². The summed E-state index contributed by atoms with van der Waals surface area (Å²) in [5, 5.41) is 0. The predicted molar refractivity (Wildman–Crippen MR) is 89.8 cm³/mol. The maximum Gasteiger partial charge on any atom is 0.103 e.